The van der Waals surface area contributed by atoms with E-state index in [9.17, 15) is 19.8 Å². The highest BCUT2D eigenvalue weighted by atomic mass is 35.5. The van der Waals surface area contributed by atoms with Crippen LogP contribution in [0, 0.1) is 18.6 Å². The number of alkyl halides is 1. The molecule has 2 heterocycles. The first-order valence-electron chi connectivity index (χ1n) is 14.2. The number of aromatic amines is 1. The molecule has 0 aliphatic rings. The van der Waals surface area contributed by atoms with E-state index in [-0.39, 0.29) is 46.2 Å². The Morgan fingerprint density at radius 3 is 1.78 bits per heavy atom. The van der Waals surface area contributed by atoms with Gasteiger partial charge in [-0.2, -0.15) is 9.90 Å². The maximum absolute atomic E-state index is 12.2. The minimum Gasteiger partial charge on any atom is -0.504 e. The molecular weight excluding hydrogens is 692 g/mol. The second-order valence-electron chi connectivity index (χ2n) is 10.1. The first-order chi connectivity index (χ1) is 23.5. The van der Waals surface area contributed by atoms with E-state index < -0.39 is 0 Å². The number of Topliss-reactive ketones (excluding diaryl/α,β-unsaturated/α-hetero) is 2. The van der Waals surface area contributed by atoms with Crippen molar-refractivity contribution in [3.8, 4) is 34.4 Å². The molecule has 2 aromatic heterocycles. The molecule has 0 atom stereocenters. The summed E-state index contributed by atoms with van der Waals surface area (Å²) in [6.07, 6.45) is 0. The zero-order chi connectivity index (χ0) is 35.5. The summed E-state index contributed by atoms with van der Waals surface area (Å²) >= 11 is 11.4. The molecule has 0 saturated heterocycles. The zero-order valence-electron chi connectivity index (χ0n) is 25.9. The Bertz CT molecular complexity index is 2100. The molecule has 252 valence electrons. The molecule has 0 unspecified atom stereocenters. The molecule has 17 heteroatoms. The van der Waals surface area contributed by atoms with Gasteiger partial charge in [-0.05, 0) is 97.2 Å². The van der Waals surface area contributed by atoms with E-state index >= 15 is 0 Å². The number of tetrazole rings is 2. The number of aromatic hydroxyl groups is 4. The highest BCUT2D eigenvalue weighted by Crippen LogP contribution is 2.27. The van der Waals surface area contributed by atoms with Gasteiger partial charge < -0.3 is 20.4 Å². The molecule has 14 nitrogen and oxygen atoms in total. The van der Waals surface area contributed by atoms with Gasteiger partial charge in [0.25, 0.3) is 0 Å². The van der Waals surface area contributed by atoms with Crippen LogP contribution in [0.1, 0.15) is 31.8 Å². The van der Waals surface area contributed by atoms with Gasteiger partial charge in [-0.15, -0.1) is 16.7 Å². The molecule has 0 aliphatic carbocycles. The minimum absolute atomic E-state index is 0.108. The Kier molecular flexibility index (Phi) is 12.6. The standard InChI is InChI=1S/C16H14N4O3S.C8H7ClO3.C8H8N4S/c1-10-2-5-12(6-3-10)20-16(17-18-19-20)24-9-15(23)11-4-7-13(21)14(22)8-11;9-4-8(12)5-1-2-6(10)7(11)3-5;1-6-2-4-7(5-3-6)12-8(13)9-10-11-12/h2-8,21-22H,9H2,1H3;1-3,10-11H,4H2;2-5H,1H3,(H,9,11,13). The van der Waals surface area contributed by atoms with E-state index in [1.54, 1.807) is 9.36 Å². The monoisotopic (exact) mass is 720 g/mol. The summed E-state index contributed by atoms with van der Waals surface area (Å²) in [7, 11) is 0. The summed E-state index contributed by atoms with van der Waals surface area (Å²) in [6, 6.07) is 23.5. The molecule has 49 heavy (non-hydrogen) atoms. The lowest BCUT2D eigenvalue weighted by molar-refractivity contribution is 0.101. The first kappa shape index (κ1) is 36.3. The van der Waals surface area contributed by atoms with Crippen LogP contribution in [0.5, 0.6) is 23.0 Å². The van der Waals surface area contributed by atoms with Crippen molar-refractivity contribution in [3.63, 3.8) is 0 Å². The Balaban J connectivity index is 0.000000182. The predicted molar refractivity (Wildman–Crippen MR) is 185 cm³/mol. The van der Waals surface area contributed by atoms with Crippen molar-refractivity contribution in [3.05, 3.63) is 112 Å². The lowest BCUT2D eigenvalue weighted by atomic mass is 10.1. The van der Waals surface area contributed by atoms with Crippen molar-refractivity contribution < 1.29 is 30.0 Å². The maximum Gasteiger partial charge on any atom is 0.242 e. The Labute approximate surface area is 293 Å². The number of nitrogens with one attached hydrogen (secondary N) is 1. The van der Waals surface area contributed by atoms with Gasteiger partial charge in [-0.3, -0.25) is 9.59 Å². The molecule has 0 radical (unpaired) electrons. The summed E-state index contributed by atoms with van der Waals surface area (Å²) in [6.45, 7) is 4.03. The largest absolute Gasteiger partial charge is 0.504 e. The van der Waals surface area contributed by atoms with Crippen LogP contribution in [0.4, 0.5) is 0 Å². The van der Waals surface area contributed by atoms with Crippen molar-refractivity contribution >= 4 is 47.1 Å². The fourth-order valence-corrected chi connectivity index (χ4v) is 4.99. The number of carbonyl (C=O) groups excluding carboxylic acids is 2. The van der Waals surface area contributed by atoms with Gasteiger partial charge in [-0.1, -0.05) is 57.5 Å². The number of aryl methyl sites for hydroxylation is 2. The minimum atomic E-state index is -0.324. The summed E-state index contributed by atoms with van der Waals surface area (Å²) in [5.74, 6) is -1.66. The number of H-pyrrole nitrogens is 1. The van der Waals surface area contributed by atoms with Gasteiger partial charge in [0.2, 0.25) is 9.93 Å². The average Bonchev–Trinajstić information content (AvgIpc) is 3.76. The van der Waals surface area contributed by atoms with Crippen LogP contribution in [0.15, 0.2) is 90.1 Å². The van der Waals surface area contributed by atoms with Crippen molar-refractivity contribution in [1.82, 2.24) is 40.4 Å². The van der Waals surface area contributed by atoms with E-state index in [2.05, 4.69) is 31.1 Å². The first-order valence-corrected chi connectivity index (χ1v) is 16.1. The molecule has 0 spiro atoms. The number of ketones is 2. The number of hydrogen-bond donors (Lipinski definition) is 5. The van der Waals surface area contributed by atoms with Crippen LogP contribution in [-0.2, 0) is 0 Å². The maximum atomic E-state index is 12.2. The molecule has 0 amide bonds. The third-order valence-corrected chi connectivity index (χ3v) is 7.96. The number of rotatable bonds is 8. The lowest BCUT2D eigenvalue weighted by Gasteiger charge is -2.05. The normalized spacial score (nSPS) is 10.3. The second-order valence-corrected chi connectivity index (χ2v) is 11.7. The van der Waals surface area contributed by atoms with Crippen LogP contribution in [0.3, 0.4) is 0 Å². The van der Waals surface area contributed by atoms with E-state index in [0.717, 1.165) is 16.9 Å². The van der Waals surface area contributed by atoms with Crippen LogP contribution >= 0.6 is 35.6 Å². The molecule has 0 saturated carbocycles. The van der Waals surface area contributed by atoms with E-state index in [1.165, 1.54) is 53.7 Å². The number of aromatic nitrogens is 8. The van der Waals surface area contributed by atoms with Crippen molar-refractivity contribution in [1.29, 1.82) is 0 Å². The van der Waals surface area contributed by atoms with Gasteiger partial charge in [0.1, 0.15) is 0 Å². The third-order valence-electron chi connectivity index (χ3n) is 6.53. The van der Waals surface area contributed by atoms with Crippen LogP contribution in [0.25, 0.3) is 11.4 Å². The smallest absolute Gasteiger partial charge is 0.242 e. The Morgan fingerprint density at radius 1 is 0.755 bits per heavy atom. The number of nitrogens with zero attached hydrogens (tertiary/aromatic N) is 7. The molecule has 6 aromatic rings. The summed E-state index contributed by atoms with van der Waals surface area (Å²) in [5.41, 5.74) is 4.70. The van der Waals surface area contributed by atoms with E-state index in [0.29, 0.717) is 21.1 Å². The third kappa shape index (κ3) is 9.96. The van der Waals surface area contributed by atoms with Crippen molar-refractivity contribution in [2.24, 2.45) is 0 Å². The molecule has 5 N–H and O–H groups in total. The van der Waals surface area contributed by atoms with Crippen LogP contribution < -0.4 is 0 Å². The Morgan fingerprint density at radius 2 is 1.29 bits per heavy atom. The number of halogens is 1. The van der Waals surface area contributed by atoms with Crippen LogP contribution in [0.2, 0.25) is 0 Å². The number of benzene rings is 4. The molecule has 0 aliphatic heterocycles. The van der Waals surface area contributed by atoms with Gasteiger partial charge in [0, 0.05) is 11.1 Å². The number of hydrogen-bond acceptors (Lipinski definition) is 13. The van der Waals surface area contributed by atoms with E-state index in [1.807, 2.05) is 62.4 Å². The van der Waals surface area contributed by atoms with Crippen LogP contribution in [-0.4, -0.2) is 84.0 Å². The molecule has 6 rings (SSSR count). The highest BCUT2D eigenvalue weighted by Gasteiger charge is 2.14. The van der Waals surface area contributed by atoms with Crippen molar-refractivity contribution in [2.75, 3.05) is 11.6 Å². The summed E-state index contributed by atoms with van der Waals surface area (Å²) in [4.78, 5) is 23.2. The van der Waals surface area contributed by atoms with Gasteiger partial charge in [-0.25, -0.2) is 4.68 Å². The lowest BCUT2D eigenvalue weighted by Crippen LogP contribution is -2.05. The summed E-state index contributed by atoms with van der Waals surface area (Å²) in [5, 5.41) is 58.7. The fraction of sp³-hybridized carbons (Fsp3) is 0.125. The fourth-order valence-electron chi connectivity index (χ4n) is 3.86. The topological polar surface area (TPSA) is 205 Å². The molecule has 4 aromatic carbocycles. The Hall–Kier alpha value is -5.58. The second kappa shape index (κ2) is 17.0. The quantitative estimate of drug-likeness (QED) is 0.0433. The zero-order valence-corrected chi connectivity index (χ0v) is 28.3. The molecule has 0 fully saturated rings. The van der Waals surface area contributed by atoms with Crippen molar-refractivity contribution in [2.45, 2.75) is 19.0 Å². The molecule has 0 bridgehead atoms. The predicted octanol–water partition coefficient (Wildman–Crippen LogP) is 5.51. The van der Waals surface area contributed by atoms with Gasteiger partial charge in [0.15, 0.2) is 34.6 Å². The molecular formula is C32H29ClN8O6S2. The number of phenols is 4. The van der Waals surface area contributed by atoms with Gasteiger partial charge in [0.05, 0.1) is 23.0 Å². The number of phenolic OH excluding ortho intramolecular Hbond substituents is 4. The van der Waals surface area contributed by atoms with Gasteiger partial charge >= 0.3 is 0 Å². The average molecular weight is 721 g/mol. The highest BCUT2D eigenvalue weighted by molar-refractivity contribution is 7.99. The van der Waals surface area contributed by atoms with E-state index in [4.69, 9.17) is 34.0 Å². The summed E-state index contributed by atoms with van der Waals surface area (Å²) < 4.78 is 3.64. The number of thioether (sulfide) groups is 1. The number of carbonyl (C=O) groups is 2. The SMILES string of the molecule is Cc1ccc(-n2[nH]nnc2=S)cc1.Cc1ccc(-n2nnnc2SCC(=O)c2ccc(O)c(O)c2)cc1.O=C(CCl)c1ccc(O)c(O)c1.